The molecule has 1 amide bonds. The van der Waals surface area contributed by atoms with Gasteiger partial charge in [-0.15, -0.1) is 0 Å². The normalized spacial score (nSPS) is 16.7. The van der Waals surface area contributed by atoms with Gasteiger partial charge in [-0.25, -0.2) is 4.39 Å². The van der Waals surface area contributed by atoms with Gasteiger partial charge in [-0.2, -0.15) is 13.9 Å². The van der Waals surface area contributed by atoms with Gasteiger partial charge in [-0.05, 0) is 30.9 Å². The van der Waals surface area contributed by atoms with Crippen LogP contribution in [-0.2, 0) is 19.9 Å². The van der Waals surface area contributed by atoms with E-state index in [1.165, 1.54) is 23.9 Å². The van der Waals surface area contributed by atoms with Crippen LogP contribution in [0.15, 0.2) is 24.4 Å². The molecule has 204 valence electrons. The standard InChI is InChI=1S/C24H30ClF3N4O5/c1-14(2)20-17(26)11-29-32(20)24(6-8-31(9-7-24)12-15(13-36-3)21(33)34)22(35)30-18-5-4-16(25)10-19(18)37-23(27)28/h4-5,10-11,14-15,23H,6-9,12-13H2,1-3H3,(H,30,35)(H,33,34). The zero-order chi connectivity index (χ0) is 27.3. The summed E-state index contributed by atoms with van der Waals surface area (Å²) in [5, 5.41) is 16.5. The van der Waals surface area contributed by atoms with E-state index in [0.717, 1.165) is 12.3 Å². The molecule has 1 unspecified atom stereocenters. The van der Waals surface area contributed by atoms with Crippen molar-refractivity contribution in [2.24, 2.45) is 5.92 Å². The minimum atomic E-state index is -3.15. The average molecular weight is 547 g/mol. The van der Waals surface area contributed by atoms with E-state index in [0.29, 0.717) is 13.1 Å². The largest absolute Gasteiger partial charge is 0.481 e. The molecule has 1 saturated heterocycles. The Balaban J connectivity index is 1.95. The summed E-state index contributed by atoms with van der Waals surface area (Å²) in [6, 6.07) is 3.92. The number of aliphatic carboxylic acids is 1. The molecule has 1 atom stereocenters. The van der Waals surface area contributed by atoms with E-state index < -0.39 is 35.8 Å². The highest BCUT2D eigenvalue weighted by Gasteiger charge is 2.46. The quantitative estimate of drug-likeness (QED) is 0.435. The number of anilines is 1. The fourth-order valence-corrected chi connectivity index (χ4v) is 4.75. The lowest BCUT2D eigenvalue weighted by molar-refractivity contribution is -0.145. The van der Waals surface area contributed by atoms with E-state index in [1.54, 1.807) is 13.8 Å². The average Bonchev–Trinajstić information content (AvgIpc) is 3.22. The van der Waals surface area contributed by atoms with Crippen LogP contribution < -0.4 is 10.1 Å². The lowest BCUT2D eigenvalue weighted by Crippen LogP contribution is -2.55. The molecule has 1 aliphatic heterocycles. The number of aromatic nitrogens is 2. The number of nitrogens with one attached hydrogen (secondary N) is 1. The third-order valence-corrected chi connectivity index (χ3v) is 6.66. The number of halogens is 4. The molecule has 13 heteroatoms. The molecule has 1 aromatic heterocycles. The van der Waals surface area contributed by atoms with Crippen molar-refractivity contribution in [2.45, 2.75) is 44.8 Å². The molecule has 0 radical (unpaired) electrons. The monoisotopic (exact) mass is 546 g/mol. The van der Waals surface area contributed by atoms with Gasteiger partial charge in [0.05, 0.1) is 30.1 Å². The smallest absolute Gasteiger partial charge is 0.387 e. The number of benzene rings is 1. The summed E-state index contributed by atoms with van der Waals surface area (Å²) in [6.45, 7) is 1.24. The molecule has 1 fully saturated rings. The highest BCUT2D eigenvalue weighted by Crippen LogP contribution is 2.37. The number of hydrogen-bond donors (Lipinski definition) is 2. The molecule has 9 nitrogen and oxygen atoms in total. The summed E-state index contributed by atoms with van der Waals surface area (Å²) in [4.78, 5) is 27.3. The van der Waals surface area contributed by atoms with E-state index in [1.807, 2.05) is 4.90 Å². The van der Waals surface area contributed by atoms with Crippen LogP contribution in [0.5, 0.6) is 5.75 Å². The van der Waals surface area contributed by atoms with Crippen molar-refractivity contribution in [3.63, 3.8) is 0 Å². The zero-order valence-corrected chi connectivity index (χ0v) is 21.5. The Kier molecular flexibility index (Phi) is 9.43. The number of amides is 1. The first-order chi connectivity index (χ1) is 17.5. The Morgan fingerprint density at radius 1 is 1.27 bits per heavy atom. The van der Waals surface area contributed by atoms with Crippen LogP contribution in [0.3, 0.4) is 0 Å². The van der Waals surface area contributed by atoms with Crippen molar-refractivity contribution in [1.82, 2.24) is 14.7 Å². The molecule has 0 spiro atoms. The molecule has 1 aliphatic rings. The number of rotatable bonds is 11. The van der Waals surface area contributed by atoms with Gasteiger partial charge < -0.3 is 24.8 Å². The van der Waals surface area contributed by atoms with Crippen molar-refractivity contribution in [2.75, 3.05) is 38.7 Å². The van der Waals surface area contributed by atoms with Crippen molar-refractivity contribution in [3.8, 4) is 5.75 Å². The fourth-order valence-electron chi connectivity index (χ4n) is 4.59. The number of methoxy groups -OCH3 is 1. The first-order valence-corrected chi connectivity index (χ1v) is 12.1. The molecule has 0 bridgehead atoms. The minimum absolute atomic E-state index is 0.0266. The molecule has 0 saturated carbocycles. The first-order valence-electron chi connectivity index (χ1n) is 11.7. The second-order valence-corrected chi connectivity index (χ2v) is 9.68. The van der Waals surface area contributed by atoms with Crippen molar-refractivity contribution in [1.29, 1.82) is 0 Å². The van der Waals surface area contributed by atoms with E-state index in [-0.39, 0.29) is 54.1 Å². The van der Waals surface area contributed by atoms with E-state index >= 15 is 0 Å². The molecule has 0 aliphatic carbocycles. The van der Waals surface area contributed by atoms with Crippen LogP contribution in [0, 0.1) is 11.7 Å². The summed E-state index contributed by atoms with van der Waals surface area (Å²) in [5.74, 6) is -3.54. The number of piperidine rings is 1. The molecular formula is C24H30ClF3N4O5. The fraction of sp³-hybridized carbons (Fsp3) is 0.542. The Morgan fingerprint density at radius 2 is 1.95 bits per heavy atom. The van der Waals surface area contributed by atoms with Gasteiger partial charge in [-0.1, -0.05) is 25.4 Å². The van der Waals surface area contributed by atoms with Crippen LogP contribution in [0.1, 0.15) is 38.3 Å². The van der Waals surface area contributed by atoms with Crippen molar-refractivity contribution >= 4 is 29.2 Å². The Morgan fingerprint density at radius 3 is 2.51 bits per heavy atom. The highest BCUT2D eigenvalue weighted by atomic mass is 35.5. The van der Waals surface area contributed by atoms with Gasteiger partial charge in [-0.3, -0.25) is 14.3 Å². The van der Waals surface area contributed by atoms with Crippen LogP contribution in [0.25, 0.3) is 0 Å². The molecular weight excluding hydrogens is 517 g/mol. The SMILES string of the molecule is COCC(CN1CCC(C(=O)Nc2ccc(Cl)cc2OC(F)F)(n2ncc(F)c2C(C)C)CC1)C(=O)O. The van der Waals surface area contributed by atoms with Gasteiger partial charge in [0.1, 0.15) is 5.54 Å². The lowest BCUT2D eigenvalue weighted by Gasteiger charge is -2.42. The summed E-state index contributed by atoms with van der Waals surface area (Å²) < 4.78 is 51.6. The van der Waals surface area contributed by atoms with Crippen molar-refractivity contribution < 1.29 is 37.3 Å². The predicted molar refractivity (Wildman–Crippen MR) is 130 cm³/mol. The third kappa shape index (κ3) is 6.55. The van der Waals surface area contributed by atoms with Crippen LogP contribution in [0.2, 0.25) is 5.02 Å². The molecule has 1 aromatic carbocycles. The van der Waals surface area contributed by atoms with E-state index in [9.17, 15) is 27.9 Å². The molecule has 3 rings (SSSR count). The number of nitrogens with zero attached hydrogens (tertiary/aromatic N) is 3. The molecule has 2 aromatic rings. The molecule has 2 heterocycles. The number of carboxylic acids is 1. The highest BCUT2D eigenvalue weighted by molar-refractivity contribution is 6.30. The zero-order valence-electron chi connectivity index (χ0n) is 20.7. The van der Waals surface area contributed by atoms with E-state index in [2.05, 4.69) is 15.2 Å². The first kappa shape index (κ1) is 28.7. The van der Waals surface area contributed by atoms with Gasteiger partial charge in [0, 0.05) is 37.8 Å². The molecule has 37 heavy (non-hydrogen) atoms. The Labute approximate surface area is 217 Å². The van der Waals surface area contributed by atoms with Gasteiger partial charge in [0.2, 0.25) is 0 Å². The maximum atomic E-state index is 14.7. The van der Waals surface area contributed by atoms with Crippen molar-refractivity contribution in [3.05, 3.63) is 40.9 Å². The van der Waals surface area contributed by atoms with Gasteiger partial charge >= 0.3 is 12.6 Å². The number of ether oxygens (including phenoxy) is 2. The summed E-state index contributed by atoms with van der Waals surface area (Å²) >= 11 is 5.92. The number of hydrogen-bond acceptors (Lipinski definition) is 6. The van der Waals surface area contributed by atoms with Crippen LogP contribution in [-0.4, -0.2) is 71.6 Å². The maximum Gasteiger partial charge on any atom is 0.387 e. The summed E-state index contributed by atoms with van der Waals surface area (Å²) in [6.07, 6.45) is 1.37. The second kappa shape index (κ2) is 12.1. The van der Waals surface area contributed by atoms with Crippen LogP contribution >= 0.6 is 11.6 Å². The summed E-state index contributed by atoms with van der Waals surface area (Å²) in [5.41, 5.74) is -1.17. The second-order valence-electron chi connectivity index (χ2n) is 9.24. The lowest BCUT2D eigenvalue weighted by atomic mass is 9.85. The van der Waals surface area contributed by atoms with E-state index in [4.69, 9.17) is 16.3 Å². The van der Waals surface area contributed by atoms with Gasteiger partial charge in [0.25, 0.3) is 5.91 Å². The topological polar surface area (TPSA) is 106 Å². The van der Waals surface area contributed by atoms with Gasteiger partial charge in [0.15, 0.2) is 11.6 Å². The number of carbonyl (C=O) groups is 2. The Hall–Kier alpha value is -2.83. The Bertz CT molecular complexity index is 1110. The summed E-state index contributed by atoms with van der Waals surface area (Å²) in [7, 11) is 1.42. The molecule has 2 N–H and O–H groups in total. The number of alkyl halides is 2. The third-order valence-electron chi connectivity index (χ3n) is 6.42. The maximum absolute atomic E-state index is 14.7. The minimum Gasteiger partial charge on any atom is -0.481 e. The number of carboxylic acid groups (broad SMARTS) is 1. The number of likely N-dealkylation sites (tertiary alicyclic amines) is 1. The predicted octanol–water partition coefficient (Wildman–Crippen LogP) is 4.18. The number of carbonyl (C=O) groups excluding carboxylic acids is 1. The van der Waals surface area contributed by atoms with Crippen LogP contribution in [0.4, 0.5) is 18.9 Å².